The lowest BCUT2D eigenvalue weighted by Crippen LogP contribution is -2.38. The Morgan fingerprint density at radius 2 is 0.870 bits per heavy atom. The van der Waals surface area contributed by atoms with Crippen molar-refractivity contribution in [2.75, 3.05) is 0 Å². The highest BCUT2D eigenvalue weighted by atomic mass is 14.2. The molecule has 2 atom stereocenters. The van der Waals surface area contributed by atoms with Gasteiger partial charge >= 0.3 is 0 Å². The van der Waals surface area contributed by atoms with Gasteiger partial charge in [-0.15, -0.1) is 0 Å². The molecule has 23 heavy (non-hydrogen) atoms. The van der Waals surface area contributed by atoms with Gasteiger partial charge in [-0.1, -0.05) is 109 Å². The van der Waals surface area contributed by atoms with E-state index in [0.29, 0.717) is 18.3 Å². The van der Waals surface area contributed by atoms with Crippen molar-refractivity contribution in [3.63, 3.8) is 0 Å². The van der Waals surface area contributed by atoms with Gasteiger partial charge in [0, 0.05) is 0 Å². The van der Waals surface area contributed by atoms with Crippen molar-refractivity contribution in [2.45, 2.75) is 11.6 Å². The van der Waals surface area contributed by atoms with Crippen LogP contribution < -0.4 is 5.46 Å². The standard InChI is InChI=1S/C22H19B/c1-4-10-18(11-5-1)21-16-17-22(19-12-6-2-7-13-19)23(21)20-14-8-3-9-15-20/h1-17,21-22H/t21-,22-/m1/s1. The molecule has 3 aromatic rings. The van der Waals surface area contributed by atoms with Gasteiger partial charge in [0.15, 0.2) is 6.71 Å². The SMILES string of the molecule is C1=C[C@H](c2ccccc2)B(c2ccccc2)[C@H]1c1ccccc1. The van der Waals surface area contributed by atoms with Crippen LogP contribution in [0.4, 0.5) is 0 Å². The van der Waals surface area contributed by atoms with Gasteiger partial charge in [0.05, 0.1) is 0 Å². The molecule has 4 rings (SSSR count). The van der Waals surface area contributed by atoms with E-state index in [-0.39, 0.29) is 0 Å². The third-order valence-corrected chi connectivity index (χ3v) is 4.85. The maximum absolute atomic E-state index is 2.39. The summed E-state index contributed by atoms with van der Waals surface area (Å²) in [5.74, 6) is 0.868. The molecule has 0 nitrogen and oxygen atoms in total. The van der Waals surface area contributed by atoms with E-state index in [2.05, 4.69) is 103 Å². The van der Waals surface area contributed by atoms with Gasteiger partial charge < -0.3 is 0 Å². The van der Waals surface area contributed by atoms with Crippen LogP contribution in [0.15, 0.2) is 103 Å². The fraction of sp³-hybridized carbons (Fsp3) is 0.0909. The van der Waals surface area contributed by atoms with Crippen molar-refractivity contribution in [3.8, 4) is 0 Å². The van der Waals surface area contributed by atoms with Gasteiger partial charge in [-0.2, -0.15) is 0 Å². The van der Waals surface area contributed by atoms with E-state index in [9.17, 15) is 0 Å². The van der Waals surface area contributed by atoms with Gasteiger partial charge in [0.2, 0.25) is 0 Å². The van der Waals surface area contributed by atoms with E-state index in [1.165, 1.54) is 16.6 Å². The molecule has 3 aromatic carbocycles. The van der Waals surface area contributed by atoms with Crippen LogP contribution in [0.1, 0.15) is 22.8 Å². The van der Waals surface area contributed by atoms with Crippen molar-refractivity contribution >= 4 is 12.2 Å². The third-order valence-electron chi connectivity index (χ3n) is 4.85. The third kappa shape index (κ3) is 2.75. The quantitative estimate of drug-likeness (QED) is 0.489. The Morgan fingerprint density at radius 3 is 1.30 bits per heavy atom. The zero-order valence-corrected chi connectivity index (χ0v) is 13.0. The summed E-state index contributed by atoms with van der Waals surface area (Å²) < 4.78 is 0. The molecule has 0 bridgehead atoms. The molecule has 1 aliphatic rings. The number of rotatable bonds is 3. The van der Waals surface area contributed by atoms with Crippen LogP contribution in [0.3, 0.4) is 0 Å². The molecule has 0 aliphatic carbocycles. The number of benzene rings is 3. The largest absolute Gasteiger partial charge is 0.199 e. The average molecular weight is 294 g/mol. The van der Waals surface area contributed by atoms with Crippen LogP contribution in [0.25, 0.3) is 0 Å². The van der Waals surface area contributed by atoms with E-state index in [1.54, 1.807) is 0 Å². The molecule has 0 amide bonds. The Hall–Kier alpha value is -2.54. The molecule has 0 radical (unpaired) electrons. The summed E-state index contributed by atoms with van der Waals surface area (Å²) in [5.41, 5.74) is 4.22. The zero-order valence-electron chi connectivity index (χ0n) is 13.0. The summed E-state index contributed by atoms with van der Waals surface area (Å²) in [5, 5.41) is 0. The van der Waals surface area contributed by atoms with Crippen molar-refractivity contribution in [2.24, 2.45) is 0 Å². The number of hydrogen-bond donors (Lipinski definition) is 0. The first kappa shape index (κ1) is 14.1. The average Bonchev–Trinajstić information content (AvgIpc) is 3.09. The van der Waals surface area contributed by atoms with E-state index >= 15 is 0 Å². The van der Waals surface area contributed by atoms with Crippen LogP contribution in [0.5, 0.6) is 0 Å². The van der Waals surface area contributed by atoms with Crippen molar-refractivity contribution in [3.05, 3.63) is 114 Å². The minimum atomic E-state index is 0.434. The summed E-state index contributed by atoms with van der Waals surface area (Å²) in [4.78, 5) is 0. The first-order valence-electron chi connectivity index (χ1n) is 8.26. The minimum Gasteiger partial charge on any atom is -0.0879 e. The Bertz CT molecular complexity index is 728. The highest BCUT2D eigenvalue weighted by molar-refractivity contribution is 6.77. The van der Waals surface area contributed by atoms with Crippen molar-refractivity contribution in [1.29, 1.82) is 0 Å². The van der Waals surface area contributed by atoms with E-state index < -0.39 is 0 Å². The van der Waals surface area contributed by atoms with Gasteiger partial charge in [0.25, 0.3) is 0 Å². The molecule has 1 aliphatic heterocycles. The summed E-state index contributed by atoms with van der Waals surface area (Å²) >= 11 is 0. The Kier molecular flexibility index (Phi) is 3.86. The van der Waals surface area contributed by atoms with Crippen molar-refractivity contribution in [1.82, 2.24) is 0 Å². The normalized spacial score (nSPS) is 19.9. The van der Waals surface area contributed by atoms with Crippen LogP contribution in [-0.4, -0.2) is 6.71 Å². The number of allylic oxidation sites excluding steroid dienone is 2. The lowest BCUT2D eigenvalue weighted by atomic mass is 9.31. The highest BCUT2D eigenvalue weighted by Crippen LogP contribution is 2.36. The van der Waals surface area contributed by atoms with Gasteiger partial charge in [-0.3, -0.25) is 0 Å². The predicted molar refractivity (Wildman–Crippen MR) is 99.3 cm³/mol. The van der Waals surface area contributed by atoms with E-state index in [0.717, 1.165) is 0 Å². The first-order valence-corrected chi connectivity index (χ1v) is 8.26. The fourth-order valence-corrected chi connectivity index (χ4v) is 3.78. The van der Waals surface area contributed by atoms with Gasteiger partial charge in [-0.25, -0.2) is 0 Å². The van der Waals surface area contributed by atoms with Gasteiger partial charge in [0.1, 0.15) is 0 Å². The summed E-state index contributed by atoms with van der Waals surface area (Å²) in [6.45, 7) is 0.459. The lowest BCUT2D eigenvalue weighted by molar-refractivity contribution is 1.15. The maximum Gasteiger partial charge on any atom is 0.199 e. The maximum atomic E-state index is 2.39. The van der Waals surface area contributed by atoms with Crippen LogP contribution in [-0.2, 0) is 0 Å². The molecule has 0 spiro atoms. The van der Waals surface area contributed by atoms with Gasteiger partial charge in [-0.05, 0) is 22.8 Å². The minimum absolute atomic E-state index is 0.434. The second-order valence-corrected chi connectivity index (χ2v) is 6.19. The zero-order chi connectivity index (χ0) is 15.5. The van der Waals surface area contributed by atoms with Crippen LogP contribution >= 0.6 is 0 Å². The second-order valence-electron chi connectivity index (χ2n) is 6.19. The Labute approximate surface area is 138 Å². The lowest BCUT2D eigenvalue weighted by Gasteiger charge is -2.23. The van der Waals surface area contributed by atoms with E-state index in [4.69, 9.17) is 0 Å². The van der Waals surface area contributed by atoms with Crippen molar-refractivity contribution < 1.29 is 0 Å². The summed E-state index contributed by atoms with van der Waals surface area (Å²) in [7, 11) is 0. The molecule has 0 aromatic heterocycles. The predicted octanol–water partition coefficient (Wildman–Crippen LogP) is 4.60. The molecule has 0 saturated heterocycles. The second kappa shape index (κ2) is 6.30. The molecular formula is C22H19B. The number of hydrogen-bond acceptors (Lipinski definition) is 0. The molecular weight excluding hydrogens is 275 g/mol. The Morgan fingerprint density at radius 1 is 0.478 bits per heavy atom. The molecule has 110 valence electrons. The highest BCUT2D eigenvalue weighted by Gasteiger charge is 2.37. The topological polar surface area (TPSA) is 0 Å². The molecule has 1 heteroatoms. The Balaban J connectivity index is 1.78. The molecule has 0 fully saturated rings. The summed E-state index contributed by atoms with van der Waals surface area (Å²) in [6.07, 6.45) is 4.79. The fourth-order valence-electron chi connectivity index (χ4n) is 3.78. The smallest absolute Gasteiger partial charge is 0.0879 e. The first-order chi connectivity index (χ1) is 11.4. The van der Waals surface area contributed by atoms with Crippen LogP contribution in [0.2, 0.25) is 0 Å². The molecule has 0 unspecified atom stereocenters. The summed E-state index contributed by atoms with van der Waals surface area (Å²) in [6, 6.07) is 32.7. The van der Waals surface area contributed by atoms with Crippen LogP contribution in [0, 0.1) is 0 Å². The van der Waals surface area contributed by atoms with E-state index in [1.807, 2.05) is 0 Å². The molecule has 1 heterocycles. The monoisotopic (exact) mass is 294 g/mol. The molecule has 0 N–H and O–H groups in total. The molecule has 0 saturated carbocycles.